The summed E-state index contributed by atoms with van der Waals surface area (Å²) in [5.41, 5.74) is 1.70. The lowest BCUT2D eigenvalue weighted by Gasteiger charge is -2.10. The van der Waals surface area contributed by atoms with Gasteiger partial charge in [0.15, 0.2) is 17.3 Å². The molecule has 0 saturated carbocycles. The SMILES string of the molecule is CC(=O)c1cnc(COc2cc(C)ccc2C)nc1C(=O)O. The Morgan fingerprint density at radius 1 is 1.27 bits per heavy atom. The van der Waals surface area contributed by atoms with Crippen LogP contribution >= 0.6 is 0 Å². The fourth-order valence-corrected chi connectivity index (χ4v) is 1.91. The maximum atomic E-state index is 11.4. The number of carbonyl (C=O) groups is 2. The molecule has 6 nitrogen and oxygen atoms in total. The minimum absolute atomic E-state index is 0.0111. The molecule has 22 heavy (non-hydrogen) atoms. The second-order valence-electron chi connectivity index (χ2n) is 4.97. The van der Waals surface area contributed by atoms with Gasteiger partial charge in [-0.05, 0) is 38.0 Å². The molecule has 2 rings (SSSR count). The molecular weight excluding hydrogens is 284 g/mol. The van der Waals surface area contributed by atoms with Crippen LogP contribution in [0.3, 0.4) is 0 Å². The van der Waals surface area contributed by atoms with Crippen LogP contribution in [0.25, 0.3) is 0 Å². The van der Waals surface area contributed by atoms with Crippen molar-refractivity contribution >= 4 is 11.8 Å². The second-order valence-corrected chi connectivity index (χ2v) is 4.97. The van der Waals surface area contributed by atoms with Crippen molar-refractivity contribution in [3.8, 4) is 5.75 Å². The Hall–Kier alpha value is -2.76. The van der Waals surface area contributed by atoms with Crippen molar-refractivity contribution in [2.75, 3.05) is 0 Å². The Balaban J connectivity index is 2.23. The third kappa shape index (κ3) is 3.46. The van der Waals surface area contributed by atoms with Gasteiger partial charge in [-0.15, -0.1) is 0 Å². The summed E-state index contributed by atoms with van der Waals surface area (Å²) in [5.74, 6) is -0.751. The number of ether oxygens (including phenoxy) is 1. The van der Waals surface area contributed by atoms with E-state index < -0.39 is 5.97 Å². The van der Waals surface area contributed by atoms with Gasteiger partial charge in [-0.3, -0.25) is 4.79 Å². The lowest BCUT2D eigenvalue weighted by Crippen LogP contribution is -2.13. The van der Waals surface area contributed by atoms with Gasteiger partial charge in [-0.25, -0.2) is 14.8 Å². The van der Waals surface area contributed by atoms with Crippen LogP contribution in [0.5, 0.6) is 5.75 Å². The first-order valence-electron chi connectivity index (χ1n) is 6.68. The standard InChI is InChI=1S/C16H16N2O4/c1-9-4-5-10(2)13(6-9)22-8-14-17-7-12(11(3)19)15(18-14)16(20)21/h4-7H,8H2,1-3H3,(H,20,21). The molecule has 0 atom stereocenters. The van der Waals surface area contributed by atoms with Gasteiger partial charge in [0.2, 0.25) is 0 Å². The molecule has 1 N–H and O–H groups in total. The van der Waals surface area contributed by atoms with Gasteiger partial charge in [-0.2, -0.15) is 0 Å². The number of hydrogen-bond donors (Lipinski definition) is 1. The van der Waals surface area contributed by atoms with Crippen molar-refractivity contribution in [3.63, 3.8) is 0 Å². The molecule has 1 aromatic heterocycles. The molecule has 6 heteroatoms. The molecule has 114 valence electrons. The van der Waals surface area contributed by atoms with Crippen molar-refractivity contribution in [3.05, 3.63) is 52.6 Å². The Morgan fingerprint density at radius 3 is 2.64 bits per heavy atom. The van der Waals surface area contributed by atoms with Crippen molar-refractivity contribution in [1.82, 2.24) is 9.97 Å². The molecule has 0 unspecified atom stereocenters. The molecule has 0 amide bonds. The van der Waals surface area contributed by atoms with Crippen molar-refractivity contribution < 1.29 is 19.4 Å². The van der Waals surface area contributed by atoms with E-state index in [1.165, 1.54) is 13.1 Å². The van der Waals surface area contributed by atoms with Crippen LogP contribution < -0.4 is 4.74 Å². The summed E-state index contributed by atoms with van der Waals surface area (Å²) in [5, 5.41) is 9.12. The Kier molecular flexibility index (Phi) is 4.50. The molecule has 0 aliphatic rings. The zero-order chi connectivity index (χ0) is 16.3. The third-order valence-electron chi connectivity index (χ3n) is 3.12. The van der Waals surface area contributed by atoms with E-state index in [0.29, 0.717) is 5.75 Å². The highest BCUT2D eigenvalue weighted by Crippen LogP contribution is 2.20. The number of nitrogens with zero attached hydrogens (tertiary/aromatic N) is 2. The molecule has 0 aliphatic carbocycles. The van der Waals surface area contributed by atoms with Crippen LogP contribution in [0.1, 0.15) is 44.7 Å². The number of benzene rings is 1. The van der Waals surface area contributed by atoms with E-state index in [9.17, 15) is 9.59 Å². The molecular formula is C16H16N2O4. The summed E-state index contributed by atoms with van der Waals surface area (Å²) in [6.07, 6.45) is 1.22. The Morgan fingerprint density at radius 2 is 2.00 bits per heavy atom. The van der Waals surface area contributed by atoms with E-state index >= 15 is 0 Å². The number of rotatable bonds is 5. The fourth-order valence-electron chi connectivity index (χ4n) is 1.91. The van der Waals surface area contributed by atoms with Gasteiger partial charge >= 0.3 is 5.97 Å². The smallest absolute Gasteiger partial charge is 0.355 e. The molecule has 0 bridgehead atoms. The highest BCUT2D eigenvalue weighted by Gasteiger charge is 2.17. The van der Waals surface area contributed by atoms with E-state index in [0.717, 1.165) is 11.1 Å². The predicted octanol–water partition coefficient (Wildman–Crippen LogP) is 2.57. The van der Waals surface area contributed by atoms with E-state index in [1.807, 2.05) is 32.0 Å². The summed E-state index contributed by atoms with van der Waals surface area (Å²) in [6.45, 7) is 5.17. The lowest BCUT2D eigenvalue weighted by molar-refractivity contribution is 0.0684. The van der Waals surface area contributed by atoms with Crippen molar-refractivity contribution in [2.24, 2.45) is 0 Å². The maximum absolute atomic E-state index is 11.4. The van der Waals surface area contributed by atoms with Gasteiger partial charge in [-0.1, -0.05) is 12.1 Å². The quantitative estimate of drug-likeness (QED) is 0.854. The topological polar surface area (TPSA) is 89.4 Å². The number of aromatic nitrogens is 2. The summed E-state index contributed by atoms with van der Waals surface area (Å²) >= 11 is 0. The fraction of sp³-hybridized carbons (Fsp3) is 0.250. The van der Waals surface area contributed by atoms with E-state index in [-0.39, 0.29) is 29.5 Å². The average Bonchev–Trinajstić information content (AvgIpc) is 2.47. The Bertz CT molecular complexity index is 741. The molecule has 0 saturated heterocycles. The zero-order valence-corrected chi connectivity index (χ0v) is 12.6. The van der Waals surface area contributed by atoms with Crippen molar-refractivity contribution in [1.29, 1.82) is 0 Å². The minimum atomic E-state index is -1.26. The predicted molar refractivity (Wildman–Crippen MR) is 79.2 cm³/mol. The molecule has 2 aromatic rings. The lowest BCUT2D eigenvalue weighted by atomic mass is 10.1. The number of aromatic carboxylic acids is 1. The monoisotopic (exact) mass is 300 g/mol. The Labute approximate surface area is 127 Å². The maximum Gasteiger partial charge on any atom is 0.355 e. The van der Waals surface area contributed by atoms with Gasteiger partial charge in [0.1, 0.15) is 12.4 Å². The second kappa shape index (κ2) is 6.34. The minimum Gasteiger partial charge on any atom is -0.485 e. The first kappa shape index (κ1) is 15.6. The van der Waals surface area contributed by atoms with Gasteiger partial charge in [0.05, 0.1) is 5.56 Å². The summed E-state index contributed by atoms with van der Waals surface area (Å²) < 4.78 is 5.64. The molecule has 0 aliphatic heterocycles. The van der Waals surface area contributed by atoms with E-state index in [4.69, 9.17) is 9.84 Å². The summed E-state index contributed by atoms with van der Waals surface area (Å²) in [7, 11) is 0. The number of aryl methyl sites for hydroxylation is 2. The normalized spacial score (nSPS) is 10.3. The summed E-state index contributed by atoms with van der Waals surface area (Å²) in [4.78, 5) is 30.4. The molecule has 0 radical (unpaired) electrons. The molecule has 1 aromatic carbocycles. The largest absolute Gasteiger partial charge is 0.485 e. The zero-order valence-electron chi connectivity index (χ0n) is 12.6. The number of ketones is 1. The van der Waals surface area contributed by atoms with E-state index in [1.54, 1.807) is 0 Å². The van der Waals surface area contributed by atoms with Crippen LogP contribution in [0.4, 0.5) is 0 Å². The van der Waals surface area contributed by atoms with Gasteiger partial charge in [0.25, 0.3) is 0 Å². The highest BCUT2D eigenvalue weighted by molar-refractivity contribution is 6.03. The number of carbonyl (C=O) groups excluding carboxylic acids is 1. The molecule has 0 fully saturated rings. The van der Waals surface area contributed by atoms with Gasteiger partial charge < -0.3 is 9.84 Å². The van der Waals surface area contributed by atoms with Crippen LogP contribution in [0.15, 0.2) is 24.4 Å². The molecule has 0 spiro atoms. The van der Waals surface area contributed by atoms with Crippen LogP contribution in [0, 0.1) is 13.8 Å². The third-order valence-corrected chi connectivity index (χ3v) is 3.12. The van der Waals surface area contributed by atoms with Crippen LogP contribution in [-0.2, 0) is 6.61 Å². The van der Waals surface area contributed by atoms with Crippen molar-refractivity contribution in [2.45, 2.75) is 27.4 Å². The van der Waals surface area contributed by atoms with Crippen LogP contribution in [-0.4, -0.2) is 26.8 Å². The number of carboxylic acid groups (broad SMARTS) is 1. The van der Waals surface area contributed by atoms with Crippen LogP contribution in [0.2, 0.25) is 0 Å². The highest BCUT2D eigenvalue weighted by atomic mass is 16.5. The number of hydrogen-bond acceptors (Lipinski definition) is 5. The first-order valence-corrected chi connectivity index (χ1v) is 6.68. The van der Waals surface area contributed by atoms with E-state index in [2.05, 4.69) is 9.97 Å². The summed E-state index contributed by atoms with van der Waals surface area (Å²) in [6, 6.07) is 5.80. The average molecular weight is 300 g/mol. The number of Topliss-reactive ketones (excluding diaryl/α,β-unsaturated/α-hetero) is 1. The van der Waals surface area contributed by atoms with Gasteiger partial charge in [0, 0.05) is 6.20 Å². The first-order chi connectivity index (χ1) is 10.4. The molecule has 1 heterocycles. The number of carboxylic acids is 1.